The van der Waals surface area contributed by atoms with Gasteiger partial charge in [-0.3, -0.25) is 0 Å². The number of ether oxygens (including phenoxy) is 1. The normalized spacial score (nSPS) is 14.4. The van der Waals surface area contributed by atoms with Crippen LogP contribution in [0.1, 0.15) is 31.2 Å². The van der Waals surface area contributed by atoms with Crippen molar-refractivity contribution in [2.75, 3.05) is 26.2 Å². The quantitative estimate of drug-likeness (QED) is 0.484. The summed E-state index contributed by atoms with van der Waals surface area (Å²) >= 11 is 0. The van der Waals surface area contributed by atoms with Crippen LogP contribution in [0.4, 0.5) is 4.39 Å². The van der Waals surface area contributed by atoms with E-state index in [9.17, 15) is 4.39 Å². The molecule has 1 aliphatic rings. The van der Waals surface area contributed by atoms with E-state index in [2.05, 4.69) is 35.2 Å². The van der Waals surface area contributed by atoms with Crippen LogP contribution in [0.3, 0.4) is 0 Å². The van der Waals surface area contributed by atoms with Crippen LogP contribution in [0.25, 0.3) is 0 Å². The van der Waals surface area contributed by atoms with Crippen LogP contribution in [0.15, 0.2) is 54.6 Å². The first kappa shape index (κ1) is 24.3. The molecule has 2 aromatic carbocycles. The third kappa shape index (κ3) is 9.61. The van der Waals surface area contributed by atoms with Crippen LogP contribution in [0, 0.1) is 11.7 Å². The lowest BCUT2D eigenvalue weighted by Crippen LogP contribution is -2.35. The summed E-state index contributed by atoms with van der Waals surface area (Å²) in [6.45, 7) is 4.11. The van der Waals surface area contributed by atoms with Crippen molar-refractivity contribution in [3.8, 4) is 5.75 Å². The molecule has 0 radical (unpaired) electrons. The number of nitrogens with zero attached hydrogens (tertiary/aromatic N) is 1. The molecular weight excluding hydrogens is 401 g/mol. The molecule has 0 saturated carbocycles. The molecule has 6 nitrogen and oxygen atoms in total. The zero-order chi connectivity index (χ0) is 22.5. The van der Waals surface area contributed by atoms with Gasteiger partial charge in [0.1, 0.15) is 0 Å². The van der Waals surface area contributed by atoms with Gasteiger partial charge >= 0.3 is 11.9 Å². The van der Waals surface area contributed by atoms with Crippen molar-refractivity contribution in [2.24, 2.45) is 5.92 Å². The number of carbonyl (C=O) groups is 2. The Hall–Kier alpha value is -2.93. The van der Waals surface area contributed by atoms with E-state index in [0.717, 1.165) is 25.3 Å². The van der Waals surface area contributed by atoms with Crippen LogP contribution in [0.5, 0.6) is 5.75 Å². The maximum atomic E-state index is 13.4. The van der Waals surface area contributed by atoms with Gasteiger partial charge in [-0.05, 0) is 75.4 Å². The second-order valence-electron chi connectivity index (χ2n) is 7.57. The van der Waals surface area contributed by atoms with Gasteiger partial charge in [0.2, 0.25) is 0 Å². The Kier molecular flexibility index (Phi) is 10.5. The maximum absolute atomic E-state index is 13.4. The summed E-state index contributed by atoms with van der Waals surface area (Å²) in [6, 6.07) is 17.4. The first-order chi connectivity index (χ1) is 15.0. The molecule has 3 rings (SSSR count). The lowest BCUT2D eigenvalue weighted by molar-refractivity contribution is -0.159. The maximum Gasteiger partial charge on any atom is 0.414 e. The van der Waals surface area contributed by atoms with Crippen LogP contribution < -0.4 is 4.74 Å². The van der Waals surface area contributed by atoms with Crippen molar-refractivity contribution < 1.29 is 28.9 Å². The van der Waals surface area contributed by atoms with Gasteiger partial charge in [-0.2, -0.15) is 0 Å². The summed E-state index contributed by atoms with van der Waals surface area (Å²) in [5, 5.41) is 14.8. The number of likely N-dealkylation sites (tertiary alicyclic amines) is 1. The molecule has 1 aliphatic heterocycles. The fourth-order valence-corrected chi connectivity index (χ4v) is 3.54. The molecule has 7 heteroatoms. The Balaban J connectivity index is 0.000000501. The number of carboxylic acid groups (broad SMARTS) is 2. The van der Waals surface area contributed by atoms with Crippen molar-refractivity contribution >= 4 is 11.9 Å². The second kappa shape index (κ2) is 13.4. The van der Waals surface area contributed by atoms with Gasteiger partial charge in [0.25, 0.3) is 0 Å². The monoisotopic (exact) mass is 431 g/mol. The Morgan fingerprint density at radius 1 is 0.935 bits per heavy atom. The number of carboxylic acids is 2. The molecule has 31 heavy (non-hydrogen) atoms. The number of halogens is 1. The highest BCUT2D eigenvalue weighted by Gasteiger charge is 2.18. The minimum absolute atomic E-state index is 0.275. The Bertz CT molecular complexity index is 795. The summed E-state index contributed by atoms with van der Waals surface area (Å²) in [4.78, 5) is 20.8. The molecule has 0 unspecified atom stereocenters. The molecule has 0 aromatic heterocycles. The molecule has 0 amide bonds. The van der Waals surface area contributed by atoms with Crippen molar-refractivity contribution in [3.05, 3.63) is 66.0 Å². The number of aliphatic carboxylic acids is 2. The number of unbranched alkanes of at least 4 members (excludes halogenated alkanes) is 1. The average Bonchev–Trinajstić information content (AvgIpc) is 2.77. The first-order valence-corrected chi connectivity index (χ1v) is 10.6. The van der Waals surface area contributed by atoms with E-state index in [1.54, 1.807) is 18.2 Å². The second-order valence-corrected chi connectivity index (χ2v) is 7.57. The summed E-state index contributed by atoms with van der Waals surface area (Å²) < 4.78 is 19.0. The van der Waals surface area contributed by atoms with E-state index in [1.165, 1.54) is 44.0 Å². The van der Waals surface area contributed by atoms with Crippen LogP contribution in [0.2, 0.25) is 0 Å². The highest BCUT2D eigenvalue weighted by Crippen LogP contribution is 2.22. The zero-order valence-electron chi connectivity index (χ0n) is 17.6. The predicted molar refractivity (Wildman–Crippen MR) is 116 cm³/mol. The fourth-order valence-electron chi connectivity index (χ4n) is 3.54. The van der Waals surface area contributed by atoms with Gasteiger partial charge < -0.3 is 19.8 Å². The molecule has 0 atom stereocenters. The van der Waals surface area contributed by atoms with E-state index >= 15 is 0 Å². The van der Waals surface area contributed by atoms with Gasteiger partial charge in [0, 0.05) is 0 Å². The Morgan fingerprint density at radius 2 is 1.55 bits per heavy atom. The molecule has 1 saturated heterocycles. The molecule has 2 aromatic rings. The molecule has 168 valence electrons. The zero-order valence-corrected chi connectivity index (χ0v) is 17.6. The molecule has 1 fully saturated rings. The SMILES string of the molecule is Fc1ccccc1OCCCCN1CCC(Cc2ccccc2)CC1.O=C(O)C(=O)O. The van der Waals surface area contributed by atoms with E-state index < -0.39 is 11.9 Å². The van der Waals surface area contributed by atoms with Crippen molar-refractivity contribution in [2.45, 2.75) is 32.1 Å². The smallest absolute Gasteiger partial charge is 0.414 e. The molecule has 2 N–H and O–H groups in total. The summed E-state index contributed by atoms with van der Waals surface area (Å²) in [5.41, 5.74) is 1.46. The van der Waals surface area contributed by atoms with Gasteiger partial charge in [-0.25, -0.2) is 14.0 Å². The molecule has 0 aliphatic carbocycles. The predicted octanol–water partition coefficient (Wildman–Crippen LogP) is 4.10. The Morgan fingerprint density at radius 3 is 2.16 bits per heavy atom. The number of para-hydroxylation sites is 1. The number of hydrogen-bond donors (Lipinski definition) is 2. The van der Waals surface area contributed by atoms with Gasteiger partial charge in [0.05, 0.1) is 6.61 Å². The van der Waals surface area contributed by atoms with Gasteiger partial charge in [-0.1, -0.05) is 42.5 Å². The lowest BCUT2D eigenvalue weighted by atomic mass is 9.90. The number of rotatable bonds is 8. The fraction of sp³-hybridized carbons (Fsp3) is 0.417. The molecule has 1 heterocycles. The van der Waals surface area contributed by atoms with Crippen molar-refractivity contribution in [1.82, 2.24) is 4.90 Å². The minimum atomic E-state index is -1.82. The number of hydrogen-bond acceptors (Lipinski definition) is 4. The summed E-state index contributed by atoms with van der Waals surface area (Å²) in [7, 11) is 0. The topological polar surface area (TPSA) is 87.1 Å². The van der Waals surface area contributed by atoms with Crippen molar-refractivity contribution in [1.29, 1.82) is 0 Å². The minimum Gasteiger partial charge on any atom is -0.491 e. The molecular formula is C24H30FNO5. The first-order valence-electron chi connectivity index (χ1n) is 10.6. The largest absolute Gasteiger partial charge is 0.491 e. The standard InChI is InChI=1S/C22H28FNO.C2H2O4/c23-21-10-4-5-11-22(21)25-17-7-6-14-24-15-12-20(13-16-24)18-19-8-2-1-3-9-19;3-1(4)2(5)6/h1-5,8-11,20H,6-7,12-18H2;(H,3,4)(H,5,6). The van der Waals surface area contributed by atoms with Gasteiger partial charge in [-0.15, -0.1) is 0 Å². The highest BCUT2D eigenvalue weighted by molar-refractivity contribution is 6.27. The third-order valence-corrected chi connectivity index (χ3v) is 5.22. The lowest BCUT2D eigenvalue weighted by Gasteiger charge is -2.32. The average molecular weight is 432 g/mol. The molecule has 0 bridgehead atoms. The van der Waals surface area contributed by atoms with E-state index in [-0.39, 0.29) is 5.82 Å². The summed E-state index contributed by atoms with van der Waals surface area (Å²) in [5.74, 6) is -2.74. The molecule has 0 spiro atoms. The summed E-state index contributed by atoms with van der Waals surface area (Å²) in [6.07, 6.45) is 5.88. The van der Waals surface area contributed by atoms with Gasteiger partial charge in [0.15, 0.2) is 11.6 Å². The van der Waals surface area contributed by atoms with Crippen molar-refractivity contribution in [3.63, 3.8) is 0 Å². The van der Waals surface area contributed by atoms with E-state index in [0.29, 0.717) is 12.4 Å². The van der Waals surface area contributed by atoms with E-state index in [1.807, 2.05) is 0 Å². The third-order valence-electron chi connectivity index (χ3n) is 5.22. The van der Waals surface area contributed by atoms with E-state index in [4.69, 9.17) is 24.5 Å². The highest BCUT2D eigenvalue weighted by atomic mass is 19.1. The van der Waals surface area contributed by atoms with Crippen LogP contribution in [-0.4, -0.2) is 53.3 Å². The number of benzene rings is 2. The van der Waals surface area contributed by atoms with Crippen LogP contribution in [-0.2, 0) is 16.0 Å². The van der Waals surface area contributed by atoms with Crippen LogP contribution >= 0.6 is 0 Å². The number of piperidine rings is 1. The Labute approximate surface area is 182 Å².